The number of halogens is 1. The van der Waals surface area contributed by atoms with E-state index in [2.05, 4.69) is 10.1 Å². The van der Waals surface area contributed by atoms with Gasteiger partial charge in [-0.05, 0) is 47.8 Å². The van der Waals surface area contributed by atoms with Gasteiger partial charge in [0.05, 0.1) is 23.4 Å². The minimum atomic E-state index is -0.342. The number of carbonyl (C=O) groups is 1. The lowest BCUT2D eigenvalue weighted by atomic mass is 10.3. The molecule has 0 bridgehead atoms. The molecule has 6 nitrogen and oxygen atoms in total. The van der Waals surface area contributed by atoms with Crippen molar-refractivity contribution in [3.63, 3.8) is 0 Å². The molecule has 0 saturated carbocycles. The van der Waals surface area contributed by atoms with Gasteiger partial charge >= 0.3 is 0 Å². The summed E-state index contributed by atoms with van der Waals surface area (Å²) in [6.45, 7) is 0.311. The van der Waals surface area contributed by atoms with Crippen molar-refractivity contribution in [3.8, 4) is 16.4 Å². The molecule has 0 spiro atoms. The lowest BCUT2D eigenvalue weighted by Crippen LogP contribution is -2.27. The second-order valence-electron chi connectivity index (χ2n) is 5.87. The van der Waals surface area contributed by atoms with Crippen LogP contribution in [0.2, 0.25) is 0 Å². The SMILES string of the molecule is CN(Cc1ccco1)C(=O)c1nc(-c2cccs2)n(-c2ccc(F)cc2)n1. The van der Waals surface area contributed by atoms with Crippen LogP contribution in [0.1, 0.15) is 16.4 Å². The van der Waals surface area contributed by atoms with Crippen LogP contribution in [-0.4, -0.2) is 32.6 Å². The van der Waals surface area contributed by atoms with Gasteiger partial charge in [-0.25, -0.2) is 14.1 Å². The number of thiophene rings is 1. The van der Waals surface area contributed by atoms with Crippen LogP contribution in [0, 0.1) is 5.82 Å². The number of rotatable bonds is 5. The van der Waals surface area contributed by atoms with Gasteiger partial charge < -0.3 is 9.32 Å². The van der Waals surface area contributed by atoms with Crippen LogP contribution in [-0.2, 0) is 6.54 Å². The molecule has 0 radical (unpaired) electrons. The zero-order chi connectivity index (χ0) is 18.8. The third-order valence-corrected chi connectivity index (χ3v) is 4.80. The average molecular weight is 382 g/mol. The summed E-state index contributed by atoms with van der Waals surface area (Å²) in [7, 11) is 1.66. The molecule has 3 aromatic heterocycles. The Morgan fingerprint density at radius 2 is 2.04 bits per heavy atom. The number of carbonyl (C=O) groups excluding carboxylic acids is 1. The highest BCUT2D eigenvalue weighted by Crippen LogP contribution is 2.26. The molecule has 3 heterocycles. The van der Waals surface area contributed by atoms with Gasteiger partial charge in [-0.1, -0.05) is 6.07 Å². The van der Waals surface area contributed by atoms with E-state index in [1.807, 2.05) is 17.5 Å². The number of hydrogen-bond donors (Lipinski definition) is 0. The summed E-state index contributed by atoms with van der Waals surface area (Å²) in [5.74, 6) is 0.599. The Bertz CT molecular complexity index is 1040. The van der Waals surface area contributed by atoms with Gasteiger partial charge in [-0.15, -0.1) is 16.4 Å². The third-order valence-electron chi connectivity index (χ3n) is 3.93. The second kappa shape index (κ2) is 7.16. The maximum absolute atomic E-state index is 13.3. The van der Waals surface area contributed by atoms with E-state index >= 15 is 0 Å². The van der Waals surface area contributed by atoms with E-state index in [1.54, 1.807) is 42.3 Å². The van der Waals surface area contributed by atoms with Gasteiger partial charge in [0.1, 0.15) is 11.6 Å². The Morgan fingerprint density at radius 1 is 1.22 bits per heavy atom. The molecule has 1 amide bonds. The number of hydrogen-bond acceptors (Lipinski definition) is 5. The fourth-order valence-corrected chi connectivity index (χ4v) is 3.31. The predicted molar refractivity (Wildman–Crippen MR) is 99.1 cm³/mol. The van der Waals surface area contributed by atoms with Gasteiger partial charge in [0.15, 0.2) is 5.82 Å². The van der Waals surface area contributed by atoms with Crippen LogP contribution in [0.4, 0.5) is 4.39 Å². The molecule has 0 fully saturated rings. The summed E-state index contributed by atoms with van der Waals surface area (Å²) in [6.07, 6.45) is 1.56. The number of nitrogens with zero attached hydrogens (tertiary/aromatic N) is 4. The summed E-state index contributed by atoms with van der Waals surface area (Å²) in [5.41, 5.74) is 0.625. The first kappa shape index (κ1) is 17.2. The first-order chi connectivity index (χ1) is 13.1. The largest absolute Gasteiger partial charge is 0.467 e. The molecular weight excluding hydrogens is 367 g/mol. The molecule has 0 N–H and O–H groups in total. The maximum atomic E-state index is 13.3. The fourth-order valence-electron chi connectivity index (χ4n) is 2.61. The summed E-state index contributed by atoms with van der Waals surface area (Å²) in [6, 6.07) is 13.3. The van der Waals surface area contributed by atoms with Crippen molar-refractivity contribution in [2.75, 3.05) is 7.05 Å². The van der Waals surface area contributed by atoms with Crippen molar-refractivity contribution < 1.29 is 13.6 Å². The maximum Gasteiger partial charge on any atom is 0.293 e. The molecule has 27 heavy (non-hydrogen) atoms. The van der Waals surface area contributed by atoms with Crippen LogP contribution >= 0.6 is 11.3 Å². The molecule has 0 atom stereocenters. The quantitative estimate of drug-likeness (QED) is 0.523. The second-order valence-corrected chi connectivity index (χ2v) is 6.81. The smallest absolute Gasteiger partial charge is 0.293 e. The van der Waals surface area contributed by atoms with E-state index in [9.17, 15) is 9.18 Å². The zero-order valence-electron chi connectivity index (χ0n) is 14.4. The van der Waals surface area contributed by atoms with Crippen molar-refractivity contribution >= 4 is 17.2 Å². The Balaban J connectivity index is 1.70. The Kier molecular flexibility index (Phi) is 4.55. The third kappa shape index (κ3) is 3.52. The highest BCUT2D eigenvalue weighted by Gasteiger charge is 2.22. The van der Waals surface area contributed by atoms with Crippen LogP contribution in [0.25, 0.3) is 16.4 Å². The van der Waals surface area contributed by atoms with Gasteiger partial charge in [0.2, 0.25) is 5.82 Å². The van der Waals surface area contributed by atoms with Crippen molar-refractivity contribution in [2.24, 2.45) is 0 Å². The summed E-state index contributed by atoms with van der Waals surface area (Å²) in [4.78, 5) is 19.6. The predicted octanol–water partition coefficient (Wildman–Crippen LogP) is 4.00. The zero-order valence-corrected chi connectivity index (χ0v) is 15.2. The Labute approximate surface area is 158 Å². The molecule has 0 unspecified atom stereocenters. The first-order valence-electron chi connectivity index (χ1n) is 8.16. The van der Waals surface area contributed by atoms with Crippen LogP contribution < -0.4 is 0 Å². The lowest BCUT2D eigenvalue weighted by molar-refractivity contribution is 0.0763. The molecule has 0 aliphatic heterocycles. The minimum Gasteiger partial charge on any atom is -0.467 e. The molecule has 8 heteroatoms. The van der Waals surface area contributed by atoms with E-state index in [0.29, 0.717) is 23.8 Å². The van der Waals surface area contributed by atoms with Crippen LogP contribution in [0.5, 0.6) is 0 Å². The standard InChI is InChI=1S/C19H15FN4O2S/c1-23(12-15-4-2-10-26-15)19(25)17-21-18(16-5-3-11-27-16)24(22-17)14-8-6-13(20)7-9-14/h2-11H,12H2,1H3. The van der Waals surface area contributed by atoms with Gasteiger partial charge in [0, 0.05) is 7.05 Å². The van der Waals surface area contributed by atoms with E-state index in [0.717, 1.165) is 4.88 Å². The minimum absolute atomic E-state index is 0.0665. The number of amides is 1. The Hall–Kier alpha value is -3.26. The highest BCUT2D eigenvalue weighted by molar-refractivity contribution is 7.13. The van der Waals surface area contributed by atoms with Crippen molar-refractivity contribution in [2.45, 2.75) is 6.54 Å². The first-order valence-corrected chi connectivity index (χ1v) is 9.04. The number of aromatic nitrogens is 3. The van der Waals surface area contributed by atoms with Crippen molar-refractivity contribution in [1.29, 1.82) is 0 Å². The van der Waals surface area contributed by atoms with E-state index in [4.69, 9.17) is 4.42 Å². The average Bonchev–Trinajstić information content (AvgIpc) is 3.42. The number of furan rings is 1. The van der Waals surface area contributed by atoms with Gasteiger partial charge in [-0.2, -0.15) is 0 Å². The summed E-state index contributed by atoms with van der Waals surface area (Å²) >= 11 is 1.49. The lowest BCUT2D eigenvalue weighted by Gasteiger charge is -2.13. The Morgan fingerprint density at radius 3 is 2.70 bits per heavy atom. The van der Waals surface area contributed by atoms with E-state index < -0.39 is 0 Å². The topological polar surface area (TPSA) is 64.2 Å². The van der Waals surface area contributed by atoms with Crippen molar-refractivity contribution in [3.05, 3.63) is 77.6 Å². The molecule has 0 saturated heterocycles. The highest BCUT2D eigenvalue weighted by atomic mass is 32.1. The van der Waals surface area contributed by atoms with E-state index in [-0.39, 0.29) is 17.5 Å². The van der Waals surface area contributed by atoms with Crippen molar-refractivity contribution in [1.82, 2.24) is 19.7 Å². The summed E-state index contributed by atoms with van der Waals surface area (Å²) < 4.78 is 20.1. The molecule has 0 aliphatic rings. The fraction of sp³-hybridized carbons (Fsp3) is 0.105. The number of benzene rings is 1. The van der Waals surface area contributed by atoms with Gasteiger partial charge in [-0.3, -0.25) is 4.79 Å². The molecule has 136 valence electrons. The van der Waals surface area contributed by atoms with E-state index in [1.165, 1.54) is 28.4 Å². The molecular formula is C19H15FN4O2S. The monoisotopic (exact) mass is 382 g/mol. The molecule has 0 aliphatic carbocycles. The normalized spacial score (nSPS) is 10.9. The van der Waals surface area contributed by atoms with Gasteiger partial charge in [0.25, 0.3) is 5.91 Å². The summed E-state index contributed by atoms with van der Waals surface area (Å²) in [5, 5.41) is 6.30. The van der Waals surface area contributed by atoms with Crippen LogP contribution in [0.3, 0.4) is 0 Å². The van der Waals surface area contributed by atoms with Crippen LogP contribution in [0.15, 0.2) is 64.6 Å². The molecule has 4 aromatic rings. The molecule has 1 aromatic carbocycles. The molecule has 4 rings (SSSR count).